The highest BCUT2D eigenvalue weighted by molar-refractivity contribution is 5.86. The van der Waals surface area contributed by atoms with Crippen molar-refractivity contribution in [1.82, 2.24) is 9.97 Å². The van der Waals surface area contributed by atoms with Gasteiger partial charge in [0.2, 0.25) is 0 Å². The number of benzene rings is 2. The van der Waals surface area contributed by atoms with Crippen LogP contribution >= 0.6 is 0 Å². The lowest BCUT2D eigenvalue weighted by Gasteiger charge is -2.24. The number of fused-ring (bicyclic) bond motifs is 1. The van der Waals surface area contributed by atoms with Crippen LogP contribution in [0.2, 0.25) is 0 Å². The number of hydrogen-bond donors (Lipinski definition) is 2. The molecular formula is C25H25N3O. The molecule has 0 aliphatic rings. The fourth-order valence-corrected chi connectivity index (χ4v) is 3.68. The van der Waals surface area contributed by atoms with Gasteiger partial charge in [-0.1, -0.05) is 42.0 Å². The number of aromatic hydroxyl groups is 1. The van der Waals surface area contributed by atoms with Crippen LogP contribution in [-0.2, 0) is 0 Å². The van der Waals surface area contributed by atoms with Gasteiger partial charge in [0, 0.05) is 22.8 Å². The molecule has 0 aliphatic heterocycles. The summed E-state index contributed by atoms with van der Waals surface area (Å²) < 4.78 is 0. The highest BCUT2D eigenvalue weighted by atomic mass is 16.3. The van der Waals surface area contributed by atoms with E-state index in [1.807, 2.05) is 50.2 Å². The Bertz CT molecular complexity index is 1200. The van der Waals surface area contributed by atoms with Crippen molar-refractivity contribution in [2.24, 2.45) is 0 Å². The first-order valence-electron chi connectivity index (χ1n) is 9.78. The van der Waals surface area contributed by atoms with Crippen LogP contribution in [0.25, 0.3) is 10.9 Å². The second-order valence-corrected chi connectivity index (χ2v) is 7.68. The molecule has 0 saturated carbocycles. The lowest BCUT2D eigenvalue weighted by atomic mass is 9.92. The second kappa shape index (κ2) is 7.55. The van der Waals surface area contributed by atoms with Crippen molar-refractivity contribution in [1.29, 1.82) is 0 Å². The van der Waals surface area contributed by atoms with E-state index in [0.29, 0.717) is 5.52 Å². The molecule has 0 fully saturated rings. The Hall–Kier alpha value is -3.40. The Morgan fingerprint density at radius 2 is 1.59 bits per heavy atom. The summed E-state index contributed by atoms with van der Waals surface area (Å²) in [6.07, 6.45) is 1.79. The topological polar surface area (TPSA) is 58.0 Å². The first-order chi connectivity index (χ1) is 13.9. The highest BCUT2D eigenvalue weighted by Gasteiger charge is 2.22. The number of hydrogen-bond acceptors (Lipinski definition) is 4. The maximum atomic E-state index is 11.2. The quantitative estimate of drug-likeness (QED) is 0.470. The van der Waals surface area contributed by atoms with Crippen LogP contribution < -0.4 is 5.32 Å². The molecule has 2 heterocycles. The molecule has 146 valence electrons. The predicted molar refractivity (Wildman–Crippen MR) is 119 cm³/mol. The number of pyridine rings is 2. The fraction of sp³-hybridized carbons (Fsp3) is 0.200. The van der Waals surface area contributed by atoms with Crippen molar-refractivity contribution >= 4 is 16.7 Å². The molecule has 0 unspecified atom stereocenters. The van der Waals surface area contributed by atoms with Gasteiger partial charge in [-0.05, 0) is 62.6 Å². The Morgan fingerprint density at radius 1 is 0.828 bits per heavy atom. The minimum absolute atomic E-state index is 0.206. The van der Waals surface area contributed by atoms with Crippen LogP contribution in [-0.4, -0.2) is 15.1 Å². The van der Waals surface area contributed by atoms with Crippen molar-refractivity contribution in [3.63, 3.8) is 0 Å². The van der Waals surface area contributed by atoms with E-state index in [1.54, 1.807) is 6.20 Å². The average Bonchev–Trinajstić information content (AvgIpc) is 2.69. The Labute approximate surface area is 171 Å². The number of nitrogens with one attached hydrogen (secondary N) is 1. The zero-order valence-electron chi connectivity index (χ0n) is 17.2. The lowest BCUT2D eigenvalue weighted by molar-refractivity contribution is 0.471. The number of aryl methyl sites for hydroxylation is 4. The fourth-order valence-electron chi connectivity index (χ4n) is 3.68. The number of phenolic OH excluding ortho intramolecular Hbond substituents is 1. The van der Waals surface area contributed by atoms with E-state index in [9.17, 15) is 5.11 Å². The molecule has 2 aromatic carbocycles. The number of nitrogens with zero attached hydrogens (tertiary/aromatic N) is 2. The van der Waals surface area contributed by atoms with Gasteiger partial charge in [0.25, 0.3) is 0 Å². The molecule has 2 N–H and O–H groups in total. The summed E-state index contributed by atoms with van der Waals surface area (Å²) in [6, 6.07) is 18.0. The van der Waals surface area contributed by atoms with Gasteiger partial charge in [0.1, 0.15) is 17.1 Å². The van der Waals surface area contributed by atoms with Crippen LogP contribution in [0.1, 0.15) is 39.6 Å². The smallest absolute Gasteiger partial charge is 0.147 e. The largest absolute Gasteiger partial charge is 0.505 e. The molecule has 29 heavy (non-hydrogen) atoms. The molecule has 0 spiro atoms. The summed E-state index contributed by atoms with van der Waals surface area (Å²) in [7, 11) is 0. The minimum atomic E-state index is -0.254. The van der Waals surface area contributed by atoms with Crippen LogP contribution in [0, 0.1) is 27.7 Å². The van der Waals surface area contributed by atoms with Gasteiger partial charge in [-0.15, -0.1) is 0 Å². The van der Waals surface area contributed by atoms with E-state index in [4.69, 9.17) is 0 Å². The van der Waals surface area contributed by atoms with Crippen molar-refractivity contribution in [2.75, 3.05) is 5.32 Å². The van der Waals surface area contributed by atoms with Crippen LogP contribution in [0.5, 0.6) is 5.75 Å². The van der Waals surface area contributed by atoms with E-state index in [0.717, 1.165) is 39.2 Å². The van der Waals surface area contributed by atoms with Gasteiger partial charge in [-0.25, -0.2) is 9.97 Å². The van der Waals surface area contributed by atoms with Crippen LogP contribution in [0.4, 0.5) is 5.82 Å². The molecular weight excluding hydrogens is 358 g/mol. The zero-order chi connectivity index (χ0) is 20.5. The lowest BCUT2D eigenvalue weighted by Crippen LogP contribution is -2.15. The van der Waals surface area contributed by atoms with Gasteiger partial charge < -0.3 is 10.4 Å². The van der Waals surface area contributed by atoms with E-state index in [2.05, 4.69) is 47.3 Å². The monoisotopic (exact) mass is 383 g/mol. The molecule has 4 heteroatoms. The molecule has 0 aliphatic carbocycles. The highest BCUT2D eigenvalue weighted by Crippen LogP contribution is 2.37. The van der Waals surface area contributed by atoms with Crippen LogP contribution in [0.15, 0.2) is 60.8 Å². The van der Waals surface area contributed by atoms with Gasteiger partial charge in [0.15, 0.2) is 0 Å². The van der Waals surface area contributed by atoms with Gasteiger partial charge in [0.05, 0.1) is 6.04 Å². The van der Waals surface area contributed by atoms with E-state index < -0.39 is 0 Å². The summed E-state index contributed by atoms with van der Waals surface area (Å²) in [5.74, 6) is 0.977. The molecule has 4 rings (SSSR count). The molecule has 0 radical (unpaired) electrons. The van der Waals surface area contributed by atoms with Crippen molar-refractivity contribution in [3.8, 4) is 5.75 Å². The molecule has 0 amide bonds. The van der Waals surface area contributed by atoms with Crippen molar-refractivity contribution in [2.45, 2.75) is 33.7 Å². The van der Waals surface area contributed by atoms with Crippen molar-refractivity contribution in [3.05, 3.63) is 94.3 Å². The summed E-state index contributed by atoms with van der Waals surface area (Å²) >= 11 is 0. The van der Waals surface area contributed by atoms with E-state index in [1.165, 1.54) is 5.56 Å². The second-order valence-electron chi connectivity index (χ2n) is 7.68. The maximum Gasteiger partial charge on any atom is 0.147 e. The Balaban J connectivity index is 1.91. The minimum Gasteiger partial charge on any atom is -0.505 e. The third kappa shape index (κ3) is 3.79. The molecule has 0 saturated heterocycles. The summed E-state index contributed by atoms with van der Waals surface area (Å²) in [4.78, 5) is 9.06. The standard InChI is InChI=1S/C25H25N3O/c1-15-5-6-17(3)21(13-15)24(28-22-14-16(2)11-12-26-22)20-10-9-19-8-7-18(4)27-23(19)25(20)29/h5-14,24,29H,1-4H3,(H,26,28)/t24-/m0/s1. The summed E-state index contributed by atoms with van der Waals surface area (Å²) in [5, 5.41) is 15.6. The number of rotatable bonds is 4. The average molecular weight is 383 g/mol. The van der Waals surface area contributed by atoms with Gasteiger partial charge in [-0.2, -0.15) is 0 Å². The molecule has 1 atom stereocenters. The Morgan fingerprint density at radius 3 is 2.38 bits per heavy atom. The van der Waals surface area contributed by atoms with Crippen LogP contribution in [0.3, 0.4) is 0 Å². The third-order valence-electron chi connectivity index (χ3n) is 5.27. The maximum absolute atomic E-state index is 11.2. The SMILES string of the molecule is Cc1ccnc(N[C@H](c2cc(C)ccc2C)c2ccc3ccc(C)nc3c2O)c1. The number of anilines is 1. The first-order valence-corrected chi connectivity index (χ1v) is 9.78. The predicted octanol–water partition coefficient (Wildman–Crippen LogP) is 5.77. The molecule has 4 nitrogen and oxygen atoms in total. The third-order valence-corrected chi connectivity index (χ3v) is 5.27. The molecule has 2 aromatic heterocycles. The summed E-state index contributed by atoms with van der Waals surface area (Å²) in [6.45, 7) is 8.15. The van der Waals surface area contributed by atoms with Crippen molar-refractivity contribution < 1.29 is 5.11 Å². The zero-order valence-corrected chi connectivity index (χ0v) is 17.2. The van der Waals surface area contributed by atoms with E-state index >= 15 is 0 Å². The van der Waals surface area contributed by atoms with Gasteiger partial charge >= 0.3 is 0 Å². The number of aromatic nitrogens is 2. The molecule has 4 aromatic rings. The number of phenols is 1. The first kappa shape index (κ1) is 18.9. The summed E-state index contributed by atoms with van der Waals surface area (Å²) in [5.41, 5.74) is 6.84. The normalized spacial score (nSPS) is 12.1. The Kier molecular flexibility index (Phi) is 4.93. The van der Waals surface area contributed by atoms with E-state index in [-0.39, 0.29) is 11.8 Å². The molecule has 0 bridgehead atoms. The van der Waals surface area contributed by atoms with Gasteiger partial charge in [-0.3, -0.25) is 0 Å².